The van der Waals surface area contributed by atoms with Gasteiger partial charge in [-0.1, -0.05) is 57.2 Å². The van der Waals surface area contributed by atoms with Gasteiger partial charge in [-0.25, -0.2) is 8.42 Å². The zero-order valence-electron chi connectivity index (χ0n) is 14.0. The van der Waals surface area contributed by atoms with E-state index >= 15 is 0 Å². The molecule has 1 N–H and O–H groups in total. The van der Waals surface area contributed by atoms with E-state index in [0.29, 0.717) is 15.6 Å². The van der Waals surface area contributed by atoms with E-state index in [0.717, 1.165) is 5.75 Å². The molecule has 0 bridgehead atoms. The minimum absolute atomic E-state index is 0.136. The molecule has 126 valence electrons. The summed E-state index contributed by atoms with van der Waals surface area (Å²) in [4.78, 5) is 0.337. The minimum Gasteiger partial charge on any atom is -0.349 e. The molecule has 0 atom stereocenters. The maximum absolute atomic E-state index is 12.3. The molecule has 1 aliphatic heterocycles. The van der Waals surface area contributed by atoms with Crippen molar-refractivity contribution < 1.29 is 8.42 Å². The standard InChI is InChI=1S/C19H21NO2S2/c1-19(2,3)15-10-8-14(9-11-15)12-23-18-13-24(21,22)17-7-5-4-6-16(17)20-18/h4-11,13,20H,12H2,1-3H3. The third-order valence-corrected chi connectivity index (χ3v) is 6.60. The molecule has 1 heterocycles. The molecule has 1 aliphatic rings. The maximum Gasteiger partial charge on any atom is 0.204 e. The molecule has 3 rings (SSSR count). The molecule has 5 heteroatoms. The molecule has 0 radical (unpaired) electrons. The highest BCUT2D eigenvalue weighted by molar-refractivity contribution is 8.03. The van der Waals surface area contributed by atoms with E-state index in [-0.39, 0.29) is 5.41 Å². The van der Waals surface area contributed by atoms with E-state index in [2.05, 4.69) is 50.4 Å². The molecular formula is C19H21NO2S2. The van der Waals surface area contributed by atoms with Crippen molar-refractivity contribution in [3.8, 4) is 0 Å². The fourth-order valence-electron chi connectivity index (χ4n) is 2.52. The highest BCUT2D eigenvalue weighted by Gasteiger charge is 2.22. The Balaban J connectivity index is 1.73. The van der Waals surface area contributed by atoms with E-state index in [4.69, 9.17) is 0 Å². The highest BCUT2D eigenvalue weighted by Crippen LogP contribution is 2.34. The molecule has 2 aromatic carbocycles. The highest BCUT2D eigenvalue weighted by atomic mass is 32.2. The zero-order valence-corrected chi connectivity index (χ0v) is 15.7. The van der Waals surface area contributed by atoms with Crippen molar-refractivity contribution in [2.75, 3.05) is 5.32 Å². The average molecular weight is 360 g/mol. The molecule has 0 fully saturated rings. The smallest absolute Gasteiger partial charge is 0.204 e. The first-order valence-electron chi connectivity index (χ1n) is 7.81. The second-order valence-corrected chi connectivity index (χ2v) is 9.67. The summed E-state index contributed by atoms with van der Waals surface area (Å²) >= 11 is 1.50. The number of para-hydroxylation sites is 1. The molecule has 0 saturated carbocycles. The van der Waals surface area contributed by atoms with Gasteiger partial charge >= 0.3 is 0 Å². The topological polar surface area (TPSA) is 46.2 Å². The summed E-state index contributed by atoms with van der Waals surface area (Å²) in [5, 5.41) is 5.19. The van der Waals surface area contributed by atoms with Crippen LogP contribution in [-0.4, -0.2) is 8.42 Å². The van der Waals surface area contributed by atoms with Crippen molar-refractivity contribution in [1.29, 1.82) is 0 Å². The van der Waals surface area contributed by atoms with E-state index in [1.54, 1.807) is 18.2 Å². The van der Waals surface area contributed by atoms with E-state index in [9.17, 15) is 8.42 Å². The number of hydrogen-bond donors (Lipinski definition) is 1. The Labute approximate surface area is 148 Å². The fraction of sp³-hybridized carbons (Fsp3) is 0.263. The molecule has 24 heavy (non-hydrogen) atoms. The van der Waals surface area contributed by atoms with Gasteiger partial charge in [-0.15, -0.1) is 11.8 Å². The number of fused-ring (bicyclic) bond motifs is 1. The van der Waals surface area contributed by atoms with Crippen molar-refractivity contribution >= 4 is 27.3 Å². The molecule has 2 aromatic rings. The predicted octanol–water partition coefficient (Wildman–Crippen LogP) is 4.92. The van der Waals surface area contributed by atoms with Crippen LogP contribution >= 0.6 is 11.8 Å². The van der Waals surface area contributed by atoms with Gasteiger partial charge in [0, 0.05) is 5.75 Å². The molecule has 0 aromatic heterocycles. The Hall–Kier alpha value is -1.72. The summed E-state index contributed by atoms with van der Waals surface area (Å²) in [6.07, 6.45) is 0. The first kappa shape index (κ1) is 17.1. The SMILES string of the molecule is CC(C)(C)c1ccc(CSC2=CS(=O)(=O)c3ccccc3N2)cc1. The summed E-state index contributed by atoms with van der Waals surface area (Å²) in [5.74, 6) is 0.723. The zero-order chi connectivity index (χ0) is 17.4. The van der Waals surface area contributed by atoms with Gasteiger partial charge in [0.1, 0.15) is 0 Å². The van der Waals surface area contributed by atoms with Gasteiger partial charge in [-0.2, -0.15) is 0 Å². The van der Waals surface area contributed by atoms with Crippen molar-refractivity contribution in [2.45, 2.75) is 36.8 Å². The predicted molar refractivity (Wildman–Crippen MR) is 102 cm³/mol. The van der Waals surface area contributed by atoms with E-state index in [1.165, 1.54) is 28.3 Å². The van der Waals surface area contributed by atoms with Crippen LogP contribution in [0.3, 0.4) is 0 Å². The summed E-state index contributed by atoms with van der Waals surface area (Å²) in [6, 6.07) is 15.5. The number of sulfone groups is 1. The number of nitrogens with one attached hydrogen (secondary N) is 1. The van der Waals surface area contributed by atoms with Crippen LogP contribution in [0.25, 0.3) is 0 Å². The Bertz CT molecular complexity index is 876. The number of thioether (sulfide) groups is 1. The summed E-state index contributed by atoms with van der Waals surface area (Å²) in [6.45, 7) is 6.57. The van der Waals surface area contributed by atoms with Gasteiger partial charge in [0.15, 0.2) is 0 Å². The van der Waals surface area contributed by atoms with Gasteiger partial charge in [-0.05, 0) is 28.7 Å². The number of anilines is 1. The second kappa shape index (κ2) is 6.30. The van der Waals surface area contributed by atoms with Crippen LogP contribution in [-0.2, 0) is 21.0 Å². The first-order chi connectivity index (χ1) is 11.3. The molecule has 0 unspecified atom stereocenters. The average Bonchev–Trinajstić information content (AvgIpc) is 2.52. The lowest BCUT2D eigenvalue weighted by Gasteiger charge is -2.20. The Morgan fingerprint density at radius 3 is 2.33 bits per heavy atom. The van der Waals surface area contributed by atoms with Crippen molar-refractivity contribution in [3.05, 3.63) is 70.1 Å². The molecule has 0 saturated heterocycles. The second-order valence-electron chi connectivity index (χ2n) is 6.88. The molecule has 3 nitrogen and oxygen atoms in total. The van der Waals surface area contributed by atoms with E-state index < -0.39 is 9.84 Å². The summed E-state index contributed by atoms with van der Waals surface area (Å²) < 4.78 is 24.6. The molecular weight excluding hydrogens is 338 g/mol. The fourth-order valence-corrected chi connectivity index (χ4v) is 5.03. The number of rotatable bonds is 3. The Morgan fingerprint density at radius 1 is 1.00 bits per heavy atom. The lowest BCUT2D eigenvalue weighted by atomic mass is 9.87. The van der Waals surface area contributed by atoms with Crippen molar-refractivity contribution in [2.24, 2.45) is 0 Å². The van der Waals surface area contributed by atoms with Crippen LogP contribution in [0.15, 0.2) is 63.9 Å². The van der Waals surface area contributed by atoms with Crippen LogP contribution in [0, 0.1) is 0 Å². The lowest BCUT2D eigenvalue weighted by Crippen LogP contribution is -2.12. The first-order valence-corrected chi connectivity index (χ1v) is 10.3. The van der Waals surface area contributed by atoms with Crippen LogP contribution in [0.1, 0.15) is 31.9 Å². The normalized spacial score (nSPS) is 16.0. The Morgan fingerprint density at radius 2 is 1.67 bits per heavy atom. The van der Waals surface area contributed by atoms with Gasteiger partial charge in [0.25, 0.3) is 0 Å². The summed E-state index contributed by atoms with van der Waals surface area (Å²) in [5.41, 5.74) is 3.25. The van der Waals surface area contributed by atoms with Crippen molar-refractivity contribution in [1.82, 2.24) is 0 Å². The van der Waals surface area contributed by atoms with E-state index in [1.807, 2.05) is 6.07 Å². The number of hydrogen-bond acceptors (Lipinski definition) is 4. The lowest BCUT2D eigenvalue weighted by molar-refractivity contribution is 0.590. The molecule has 0 amide bonds. The van der Waals surface area contributed by atoms with Crippen LogP contribution in [0.2, 0.25) is 0 Å². The van der Waals surface area contributed by atoms with Gasteiger partial charge < -0.3 is 5.32 Å². The number of benzene rings is 2. The molecule has 0 aliphatic carbocycles. The third-order valence-electron chi connectivity index (χ3n) is 3.93. The monoisotopic (exact) mass is 359 g/mol. The van der Waals surface area contributed by atoms with Gasteiger partial charge in [0.05, 0.1) is 21.0 Å². The van der Waals surface area contributed by atoms with Crippen LogP contribution in [0.5, 0.6) is 0 Å². The Kier molecular flexibility index (Phi) is 4.49. The quantitative estimate of drug-likeness (QED) is 0.845. The van der Waals surface area contributed by atoms with Crippen molar-refractivity contribution in [3.63, 3.8) is 0 Å². The van der Waals surface area contributed by atoms with Gasteiger partial charge in [-0.3, -0.25) is 0 Å². The van der Waals surface area contributed by atoms with Crippen LogP contribution in [0.4, 0.5) is 5.69 Å². The molecule has 0 spiro atoms. The third kappa shape index (κ3) is 3.68. The largest absolute Gasteiger partial charge is 0.349 e. The van der Waals surface area contributed by atoms with Gasteiger partial charge in [0.2, 0.25) is 9.84 Å². The maximum atomic E-state index is 12.3. The van der Waals surface area contributed by atoms with Crippen LogP contribution < -0.4 is 5.32 Å². The summed E-state index contributed by atoms with van der Waals surface area (Å²) in [7, 11) is -3.37. The minimum atomic E-state index is -3.37.